The predicted octanol–water partition coefficient (Wildman–Crippen LogP) is 1.28. The van der Waals surface area contributed by atoms with E-state index in [-0.39, 0.29) is 6.04 Å². The van der Waals surface area contributed by atoms with Gasteiger partial charge in [0.15, 0.2) is 5.16 Å². The summed E-state index contributed by atoms with van der Waals surface area (Å²) in [6.45, 7) is 0. The Labute approximate surface area is 124 Å². The van der Waals surface area contributed by atoms with Gasteiger partial charge in [-0.1, -0.05) is 11.8 Å². The first-order valence-corrected chi connectivity index (χ1v) is 8.93. The van der Waals surface area contributed by atoms with Gasteiger partial charge in [0.2, 0.25) is 0 Å². The molecule has 0 aromatic carbocycles. The number of hydrogen-bond donors (Lipinski definition) is 1. The minimum absolute atomic E-state index is 0.0379. The Kier molecular flexibility index (Phi) is 5.36. The van der Waals surface area contributed by atoms with Crippen LogP contribution in [-0.4, -0.2) is 48.1 Å². The molecule has 1 aromatic rings. The molecular weight excluding hydrogens is 296 g/mol. The number of aromatic nitrogens is 2. The number of hydrogen-bond acceptors (Lipinski definition) is 5. The van der Waals surface area contributed by atoms with Crippen molar-refractivity contribution in [1.82, 2.24) is 19.0 Å². The van der Waals surface area contributed by atoms with Crippen LogP contribution in [0.4, 0.5) is 0 Å². The lowest BCUT2D eigenvalue weighted by atomic mass is 9.96. The van der Waals surface area contributed by atoms with E-state index in [9.17, 15) is 8.42 Å². The van der Waals surface area contributed by atoms with Gasteiger partial charge in [0.1, 0.15) is 0 Å². The zero-order valence-electron chi connectivity index (χ0n) is 11.7. The van der Waals surface area contributed by atoms with Gasteiger partial charge in [-0.2, -0.15) is 17.4 Å². The quantitative estimate of drug-likeness (QED) is 0.828. The Hall–Kier alpha value is -0.700. The highest BCUT2D eigenvalue weighted by atomic mass is 32.2. The molecular formula is C12H20N4O2S2. The van der Waals surface area contributed by atoms with Crippen LogP contribution in [0.15, 0.2) is 23.6 Å². The molecule has 112 valence electrons. The van der Waals surface area contributed by atoms with Gasteiger partial charge >= 0.3 is 0 Å². The molecule has 0 unspecified atom stereocenters. The molecule has 1 heterocycles. The first kappa shape index (κ1) is 15.7. The Balaban J connectivity index is 1.81. The Morgan fingerprint density at radius 1 is 1.20 bits per heavy atom. The van der Waals surface area contributed by atoms with E-state index in [1.807, 2.05) is 0 Å². The van der Waals surface area contributed by atoms with Crippen molar-refractivity contribution < 1.29 is 8.42 Å². The van der Waals surface area contributed by atoms with Crippen molar-refractivity contribution in [1.29, 1.82) is 0 Å². The molecule has 20 heavy (non-hydrogen) atoms. The van der Waals surface area contributed by atoms with Gasteiger partial charge in [0, 0.05) is 37.8 Å². The van der Waals surface area contributed by atoms with Gasteiger partial charge in [-0.25, -0.2) is 9.97 Å². The van der Waals surface area contributed by atoms with Crippen LogP contribution in [0.25, 0.3) is 0 Å². The first-order valence-electron chi connectivity index (χ1n) is 6.61. The third-order valence-corrected chi connectivity index (χ3v) is 6.10. The Morgan fingerprint density at radius 2 is 1.80 bits per heavy atom. The smallest absolute Gasteiger partial charge is 0.231 e. The molecule has 0 aliphatic heterocycles. The molecule has 1 aromatic heterocycles. The Morgan fingerprint density at radius 3 is 2.35 bits per heavy atom. The van der Waals surface area contributed by atoms with Crippen molar-refractivity contribution in [3.8, 4) is 0 Å². The maximum absolute atomic E-state index is 11.8. The highest BCUT2D eigenvalue weighted by Crippen LogP contribution is 2.31. The largest absolute Gasteiger partial charge is 0.279 e. The Bertz CT molecular complexity index is 514. The summed E-state index contributed by atoms with van der Waals surface area (Å²) in [6.07, 6.45) is 7.15. The summed E-state index contributed by atoms with van der Waals surface area (Å²) in [7, 11) is -0.246. The van der Waals surface area contributed by atoms with Crippen LogP contribution >= 0.6 is 11.8 Å². The highest BCUT2D eigenvalue weighted by Gasteiger charge is 2.26. The lowest BCUT2D eigenvalue weighted by Crippen LogP contribution is -2.43. The summed E-state index contributed by atoms with van der Waals surface area (Å²) in [5.74, 6) is 0. The second-order valence-corrected chi connectivity index (χ2v) is 8.21. The summed E-state index contributed by atoms with van der Waals surface area (Å²) < 4.78 is 27.5. The van der Waals surface area contributed by atoms with Crippen molar-refractivity contribution in [2.75, 3.05) is 14.1 Å². The number of nitrogens with zero attached hydrogens (tertiary/aromatic N) is 3. The standard InChI is InChI=1S/C12H20N4O2S2/c1-16(2)20(17,18)15-10-4-6-11(7-5-10)19-12-13-8-3-9-14-12/h3,8-11,15H,4-7H2,1-2H3. The van der Waals surface area contributed by atoms with Crippen LogP contribution in [-0.2, 0) is 10.2 Å². The van der Waals surface area contributed by atoms with Gasteiger partial charge in [-0.05, 0) is 31.7 Å². The summed E-state index contributed by atoms with van der Waals surface area (Å²) in [4.78, 5) is 8.42. The molecule has 0 radical (unpaired) electrons. The molecule has 0 spiro atoms. The number of rotatable bonds is 5. The summed E-state index contributed by atoms with van der Waals surface area (Å²) in [6, 6.07) is 1.84. The van der Waals surface area contributed by atoms with E-state index < -0.39 is 10.2 Å². The molecule has 1 saturated carbocycles. The molecule has 0 amide bonds. The van der Waals surface area contributed by atoms with Crippen LogP contribution in [0, 0.1) is 0 Å². The summed E-state index contributed by atoms with van der Waals surface area (Å²) in [5.41, 5.74) is 0. The molecule has 1 N–H and O–H groups in total. The van der Waals surface area contributed by atoms with Crippen molar-refractivity contribution in [3.63, 3.8) is 0 Å². The third-order valence-electron chi connectivity index (χ3n) is 3.28. The van der Waals surface area contributed by atoms with Gasteiger partial charge in [-0.15, -0.1) is 0 Å². The SMILES string of the molecule is CN(C)S(=O)(=O)NC1CCC(Sc2ncccn2)CC1. The average molecular weight is 316 g/mol. The maximum Gasteiger partial charge on any atom is 0.279 e. The topological polar surface area (TPSA) is 75.2 Å². The van der Waals surface area contributed by atoms with Crippen LogP contribution in [0.3, 0.4) is 0 Å². The van der Waals surface area contributed by atoms with Gasteiger partial charge in [0.25, 0.3) is 10.2 Å². The van der Waals surface area contributed by atoms with Crippen LogP contribution in [0.5, 0.6) is 0 Å². The fourth-order valence-corrected chi connectivity index (χ4v) is 4.03. The zero-order chi connectivity index (χ0) is 14.6. The van der Waals surface area contributed by atoms with Gasteiger partial charge in [-0.3, -0.25) is 0 Å². The van der Waals surface area contributed by atoms with Crippen LogP contribution in [0.2, 0.25) is 0 Å². The third kappa shape index (κ3) is 4.41. The first-order chi connectivity index (χ1) is 9.47. The van der Waals surface area contributed by atoms with E-state index in [1.54, 1.807) is 30.2 Å². The minimum Gasteiger partial charge on any atom is -0.231 e. The monoisotopic (exact) mass is 316 g/mol. The second-order valence-electron chi connectivity index (χ2n) is 5.03. The van der Waals surface area contributed by atoms with E-state index in [4.69, 9.17) is 0 Å². The lowest BCUT2D eigenvalue weighted by molar-refractivity contribution is 0.406. The van der Waals surface area contributed by atoms with Crippen LogP contribution < -0.4 is 4.72 Å². The zero-order valence-corrected chi connectivity index (χ0v) is 13.3. The van der Waals surface area contributed by atoms with Crippen LogP contribution in [0.1, 0.15) is 25.7 Å². The molecule has 6 nitrogen and oxygen atoms in total. The predicted molar refractivity (Wildman–Crippen MR) is 79.7 cm³/mol. The van der Waals surface area contributed by atoms with E-state index in [0.717, 1.165) is 30.8 Å². The lowest BCUT2D eigenvalue weighted by Gasteiger charge is -2.28. The number of thioether (sulfide) groups is 1. The molecule has 1 aliphatic carbocycles. The minimum atomic E-state index is -3.32. The van der Waals surface area contributed by atoms with Crippen molar-refractivity contribution in [2.45, 2.75) is 42.1 Å². The van der Waals surface area contributed by atoms with E-state index in [0.29, 0.717) is 5.25 Å². The summed E-state index contributed by atoms with van der Waals surface area (Å²) >= 11 is 1.68. The van der Waals surface area contributed by atoms with Gasteiger partial charge < -0.3 is 0 Å². The molecule has 0 atom stereocenters. The molecule has 0 saturated heterocycles. The fourth-order valence-electron chi connectivity index (χ4n) is 2.11. The van der Waals surface area contributed by atoms with Crippen molar-refractivity contribution >= 4 is 22.0 Å². The van der Waals surface area contributed by atoms with E-state index >= 15 is 0 Å². The van der Waals surface area contributed by atoms with Crippen molar-refractivity contribution in [2.24, 2.45) is 0 Å². The second kappa shape index (κ2) is 6.84. The number of nitrogens with one attached hydrogen (secondary N) is 1. The molecule has 2 rings (SSSR count). The van der Waals surface area contributed by atoms with E-state index in [1.165, 1.54) is 18.4 Å². The average Bonchev–Trinajstić information content (AvgIpc) is 2.42. The molecule has 1 fully saturated rings. The molecule has 1 aliphatic rings. The molecule has 0 bridgehead atoms. The summed E-state index contributed by atoms with van der Waals surface area (Å²) in [5, 5.41) is 1.27. The fraction of sp³-hybridized carbons (Fsp3) is 0.667. The van der Waals surface area contributed by atoms with Gasteiger partial charge in [0.05, 0.1) is 0 Å². The van der Waals surface area contributed by atoms with Crippen molar-refractivity contribution in [3.05, 3.63) is 18.5 Å². The normalized spacial score (nSPS) is 23.9. The highest BCUT2D eigenvalue weighted by molar-refractivity contribution is 7.99. The maximum atomic E-state index is 11.8. The van der Waals surface area contributed by atoms with E-state index in [2.05, 4.69) is 14.7 Å². The molecule has 8 heteroatoms.